The topological polar surface area (TPSA) is 74.1 Å². The van der Waals surface area contributed by atoms with E-state index in [1.165, 1.54) is 0 Å². The van der Waals surface area contributed by atoms with Crippen molar-refractivity contribution in [2.24, 2.45) is 0 Å². The largest absolute Gasteiger partial charge is 0.493 e. The minimum Gasteiger partial charge on any atom is -0.493 e. The number of ether oxygens (including phenoxy) is 3. The van der Waals surface area contributed by atoms with Crippen molar-refractivity contribution in [3.63, 3.8) is 0 Å². The fraction of sp³-hybridized carbons (Fsp3) is 0.200. The van der Waals surface area contributed by atoms with Gasteiger partial charge in [0.2, 0.25) is 0 Å². The first-order valence-corrected chi connectivity index (χ1v) is 10.2. The number of imidazole rings is 1. The molecule has 0 aliphatic carbocycles. The van der Waals surface area contributed by atoms with Gasteiger partial charge in [0, 0.05) is 30.1 Å². The summed E-state index contributed by atoms with van der Waals surface area (Å²) < 4.78 is 18.5. The summed E-state index contributed by atoms with van der Waals surface area (Å²) in [4.78, 5) is 17.2. The third-order valence-corrected chi connectivity index (χ3v) is 5.15. The molecule has 2 aromatic heterocycles. The predicted molar refractivity (Wildman–Crippen MR) is 121 cm³/mol. The third kappa shape index (κ3) is 4.51. The Morgan fingerprint density at radius 1 is 1.03 bits per heavy atom. The Morgan fingerprint density at radius 3 is 2.56 bits per heavy atom. The van der Waals surface area contributed by atoms with E-state index in [0.29, 0.717) is 36.0 Å². The highest BCUT2D eigenvalue weighted by Gasteiger charge is 2.12. The SMILES string of the molecule is COc1cccc(CNC(=O)c2ccc(OCc3cn4cccc(C)c4n3)cc2)c1OC. The lowest BCUT2D eigenvalue weighted by Gasteiger charge is -2.13. The van der Waals surface area contributed by atoms with E-state index in [4.69, 9.17) is 14.2 Å². The zero-order valence-electron chi connectivity index (χ0n) is 18.3. The van der Waals surface area contributed by atoms with E-state index in [9.17, 15) is 4.79 Å². The molecule has 1 N–H and O–H groups in total. The van der Waals surface area contributed by atoms with Gasteiger partial charge in [0.05, 0.1) is 19.9 Å². The Balaban J connectivity index is 1.36. The number of amides is 1. The highest BCUT2D eigenvalue weighted by atomic mass is 16.5. The maximum absolute atomic E-state index is 12.6. The van der Waals surface area contributed by atoms with Gasteiger partial charge in [-0.25, -0.2) is 4.98 Å². The summed E-state index contributed by atoms with van der Waals surface area (Å²) in [6.45, 7) is 2.70. The predicted octanol–water partition coefficient (Wildman–Crippen LogP) is 4.17. The summed E-state index contributed by atoms with van der Waals surface area (Å²) in [5.74, 6) is 1.73. The van der Waals surface area contributed by atoms with Crippen LogP contribution in [0.5, 0.6) is 17.2 Å². The van der Waals surface area contributed by atoms with Crippen molar-refractivity contribution in [2.45, 2.75) is 20.1 Å². The molecule has 2 heterocycles. The Labute approximate surface area is 186 Å². The van der Waals surface area contributed by atoms with E-state index < -0.39 is 0 Å². The summed E-state index contributed by atoms with van der Waals surface area (Å²) in [5, 5.41) is 2.91. The van der Waals surface area contributed by atoms with Gasteiger partial charge in [0.1, 0.15) is 18.0 Å². The van der Waals surface area contributed by atoms with E-state index in [0.717, 1.165) is 22.5 Å². The first-order valence-electron chi connectivity index (χ1n) is 10.2. The standard InChI is InChI=1S/C25H25N3O4/c1-17-6-5-13-28-15-20(27-24(17)28)16-32-21-11-9-18(10-12-21)25(29)26-14-19-7-4-8-22(30-2)23(19)31-3/h4-13,15H,14,16H2,1-3H3,(H,26,29). The molecule has 7 nitrogen and oxygen atoms in total. The van der Waals surface area contributed by atoms with Gasteiger partial charge >= 0.3 is 0 Å². The number of nitrogens with zero attached hydrogens (tertiary/aromatic N) is 2. The van der Waals surface area contributed by atoms with Crippen LogP contribution in [0, 0.1) is 6.92 Å². The molecular formula is C25H25N3O4. The fourth-order valence-electron chi connectivity index (χ4n) is 3.50. The lowest BCUT2D eigenvalue weighted by molar-refractivity contribution is 0.0950. The van der Waals surface area contributed by atoms with Gasteiger partial charge in [-0.2, -0.15) is 0 Å². The van der Waals surface area contributed by atoms with Crippen LogP contribution in [0.15, 0.2) is 67.0 Å². The molecule has 4 rings (SSSR count). The third-order valence-electron chi connectivity index (χ3n) is 5.15. The molecule has 2 aromatic carbocycles. The average Bonchev–Trinajstić information content (AvgIpc) is 3.25. The molecular weight excluding hydrogens is 406 g/mol. The monoisotopic (exact) mass is 431 g/mol. The second-order valence-electron chi connectivity index (χ2n) is 7.30. The van der Waals surface area contributed by atoms with Gasteiger partial charge in [0.25, 0.3) is 5.91 Å². The number of nitrogens with one attached hydrogen (secondary N) is 1. The maximum atomic E-state index is 12.6. The van der Waals surface area contributed by atoms with E-state index in [1.807, 2.05) is 54.0 Å². The van der Waals surface area contributed by atoms with Crippen molar-refractivity contribution in [1.29, 1.82) is 0 Å². The first kappa shape index (κ1) is 21.2. The molecule has 0 saturated carbocycles. The van der Waals surface area contributed by atoms with Crippen LogP contribution in [0.2, 0.25) is 0 Å². The van der Waals surface area contributed by atoms with Crippen molar-refractivity contribution in [3.8, 4) is 17.2 Å². The second-order valence-corrected chi connectivity index (χ2v) is 7.30. The van der Waals surface area contributed by atoms with Crippen molar-refractivity contribution >= 4 is 11.6 Å². The number of para-hydroxylation sites is 1. The maximum Gasteiger partial charge on any atom is 0.251 e. The number of aryl methyl sites for hydroxylation is 1. The molecule has 0 saturated heterocycles. The summed E-state index contributed by atoms with van der Waals surface area (Å²) >= 11 is 0. The summed E-state index contributed by atoms with van der Waals surface area (Å²) in [6.07, 6.45) is 3.92. The quantitative estimate of drug-likeness (QED) is 0.453. The number of pyridine rings is 1. The van der Waals surface area contributed by atoms with Crippen molar-refractivity contribution in [3.05, 3.63) is 89.4 Å². The normalized spacial score (nSPS) is 10.7. The number of benzene rings is 2. The van der Waals surface area contributed by atoms with E-state index >= 15 is 0 Å². The molecule has 0 radical (unpaired) electrons. The second kappa shape index (κ2) is 9.43. The lowest BCUT2D eigenvalue weighted by Crippen LogP contribution is -2.23. The summed E-state index contributed by atoms with van der Waals surface area (Å²) in [5.41, 5.74) is 4.25. The molecule has 0 atom stereocenters. The molecule has 164 valence electrons. The van der Waals surface area contributed by atoms with Gasteiger partial charge in [-0.1, -0.05) is 18.2 Å². The van der Waals surface area contributed by atoms with Crippen LogP contribution in [0.4, 0.5) is 0 Å². The number of hydrogen-bond donors (Lipinski definition) is 1. The number of fused-ring (bicyclic) bond motifs is 1. The average molecular weight is 431 g/mol. The Bertz CT molecular complexity index is 1230. The smallest absolute Gasteiger partial charge is 0.251 e. The van der Waals surface area contributed by atoms with Crippen molar-refractivity contribution in [2.75, 3.05) is 14.2 Å². The highest BCUT2D eigenvalue weighted by Crippen LogP contribution is 2.30. The van der Waals surface area contributed by atoms with Crippen LogP contribution in [0.1, 0.15) is 27.2 Å². The minimum atomic E-state index is -0.183. The molecule has 32 heavy (non-hydrogen) atoms. The molecule has 1 amide bonds. The number of hydrogen-bond acceptors (Lipinski definition) is 5. The molecule has 7 heteroatoms. The highest BCUT2D eigenvalue weighted by molar-refractivity contribution is 5.94. The van der Waals surface area contributed by atoms with Gasteiger partial charge in [-0.3, -0.25) is 4.79 Å². The number of rotatable bonds is 8. The van der Waals surface area contributed by atoms with E-state index in [2.05, 4.69) is 10.3 Å². The summed E-state index contributed by atoms with van der Waals surface area (Å²) in [6, 6.07) is 16.6. The first-order chi connectivity index (χ1) is 15.6. The number of carbonyl (C=O) groups excluding carboxylic acids is 1. The van der Waals surface area contributed by atoms with Crippen LogP contribution < -0.4 is 19.5 Å². The number of aromatic nitrogens is 2. The number of carbonyl (C=O) groups is 1. The molecule has 0 bridgehead atoms. The van der Waals surface area contributed by atoms with Crippen LogP contribution in [-0.4, -0.2) is 29.5 Å². The Morgan fingerprint density at radius 2 is 1.84 bits per heavy atom. The number of methoxy groups -OCH3 is 2. The van der Waals surface area contributed by atoms with Crippen LogP contribution in [0.25, 0.3) is 5.65 Å². The van der Waals surface area contributed by atoms with Crippen LogP contribution >= 0.6 is 0 Å². The van der Waals surface area contributed by atoms with Gasteiger partial charge in [-0.15, -0.1) is 0 Å². The van der Waals surface area contributed by atoms with E-state index in [-0.39, 0.29) is 5.91 Å². The van der Waals surface area contributed by atoms with Crippen molar-refractivity contribution < 1.29 is 19.0 Å². The molecule has 0 spiro atoms. The summed E-state index contributed by atoms with van der Waals surface area (Å²) in [7, 11) is 3.16. The zero-order chi connectivity index (χ0) is 22.5. The molecule has 0 unspecified atom stereocenters. The van der Waals surface area contributed by atoms with Crippen molar-refractivity contribution in [1.82, 2.24) is 14.7 Å². The molecule has 0 aliphatic rings. The van der Waals surface area contributed by atoms with Gasteiger partial charge < -0.3 is 23.9 Å². The Hall–Kier alpha value is -4.00. The van der Waals surface area contributed by atoms with Crippen LogP contribution in [-0.2, 0) is 13.2 Å². The van der Waals surface area contributed by atoms with Crippen LogP contribution in [0.3, 0.4) is 0 Å². The zero-order valence-corrected chi connectivity index (χ0v) is 18.3. The molecule has 4 aromatic rings. The Kier molecular flexibility index (Phi) is 6.26. The molecule has 0 aliphatic heterocycles. The fourth-order valence-corrected chi connectivity index (χ4v) is 3.50. The lowest BCUT2D eigenvalue weighted by atomic mass is 10.1. The van der Waals surface area contributed by atoms with Gasteiger partial charge in [-0.05, 0) is 48.9 Å². The molecule has 0 fully saturated rings. The van der Waals surface area contributed by atoms with E-state index in [1.54, 1.807) is 38.5 Å². The minimum absolute atomic E-state index is 0.183. The van der Waals surface area contributed by atoms with Gasteiger partial charge in [0.15, 0.2) is 11.5 Å².